The lowest BCUT2D eigenvalue weighted by Gasteiger charge is -2.35. The molecule has 1 saturated carbocycles. The SMILES string of the molecule is C=C(c1cc2cnc(Nc3ccc(OC4CCNCC4)cc3)nc2n(C2Cc3ccccc3N(C)C2)c1=O)C1CC1. The molecule has 2 fully saturated rings. The van der Waals surface area contributed by atoms with E-state index in [1.807, 2.05) is 41.1 Å². The van der Waals surface area contributed by atoms with Crippen LogP contribution in [0, 0.1) is 5.92 Å². The molecule has 0 spiro atoms. The first-order valence-corrected chi connectivity index (χ1v) is 14.7. The van der Waals surface area contributed by atoms with Crippen molar-refractivity contribution in [2.45, 2.75) is 44.2 Å². The normalized spacial score (nSPS) is 19.1. The Hall–Kier alpha value is -4.17. The summed E-state index contributed by atoms with van der Waals surface area (Å²) in [5.41, 5.74) is 5.56. The summed E-state index contributed by atoms with van der Waals surface area (Å²) >= 11 is 0. The van der Waals surface area contributed by atoms with Gasteiger partial charge in [-0.1, -0.05) is 24.8 Å². The van der Waals surface area contributed by atoms with Gasteiger partial charge < -0.3 is 20.3 Å². The summed E-state index contributed by atoms with van der Waals surface area (Å²) < 4.78 is 8.05. The van der Waals surface area contributed by atoms with E-state index in [2.05, 4.69) is 58.4 Å². The number of anilines is 3. The zero-order chi connectivity index (χ0) is 27.9. The van der Waals surface area contributed by atoms with Gasteiger partial charge in [-0.25, -0.2) is 4.98 Å². The summed E-state index contributed by atoms with van der Waals surface area (Å²) in [7, 11) is 2.09. The maximum atomic E-state index is 14.1. The van der Waals surface area contributed by atoms with E-state index < -0.39 is 0 Å². The summed E-state index contributed by atoms with van der Waals surface area (Å²) in [5, 5.41) is 7.55. The molecule has 8 nitrogen and oxygen atoms in total. The molecule has 0 amide bonds. The highest BCUT2D eigenvalue weighted by Gasteiger charge is 2.31. The van der Waals surface area contributed by atoms with Crippen molar-refractivity contribution in [3.63, 3.8) is 0 Å². The first-order chi connectivity index (χ1) is 20.0. The quantitative estimate of drug-likeness (QED) is 0.323. The van der Waals surface area contributed by atoms with Crippen LogP contribution in [0.15, 0.2) is 72.2 Å². The van der Waals surface area contributed by atoms with Gasteiger partial charge in [-0.15, -0.1) is 0 Å². The average Bonchev–Trinajstić information content (AvgIpc) is 3.84. The van der Waals surface area contributed by atoms with Crippen LogP contribution in [0.25, 0.3) is 16.6 Å². The fourth-order valence-electron chi connectivity index (χ4n) is 6.21. The number of nitrogens with zero attached hydrogens (tertiary/aromatic N) is 4. The third-order valence-corrected chi connectivity index (χ3v) is 8.60. The van der Waals surface area contributed by atoms with Crippen LogP contribution < -0.4 is 25.8 Å². The van der Waals surface area contributed by atoms with Crippen LogP contribution in [0.2, 0.25) is 0 Å². The minimum absolute atomic E-state index is 0.0174. The molecule has 2 aromatic heterocycles. The topological polar surface area (TPSA) is 84.3 Å². The minimum Gasteiger partial charge on any atom is -0.490 e. The fraction of sp³-hybridized carbons (Fsp3) is 0.364. The molecule has 2 aliphatic heterocycles. The number of hydrogen-bond acceptors (Lipinski definition) is 7. The highest BCUT2D eigenvalue weighted by Crippen LogP contribution is 2.41. The molecule has 8 heteroatoms. The largest absolute Gasteiger partial charge is 0.490 e. The van der Waals surface area contributed by atoms with Crippen molar-refractivity contribution >= 4 is 33.9 Å². The van der Waals surface area contributed by atoms with Crippen LogP contribution in [-0.2, 0) is 6.42 Å². The molecule has 2 aromatic carbocycles. The second-order valence-corrected chi connectivity index (χ2v) is 11.6. The van der Waals surface area contributed by atoms with Crippen molar-refractivity contribution < 1.29 is 4.74 Å². The molecule has 0 radical (unpaired) electrons. The summed E-state index contributed by atoms with van der Waals surface area (Å²) in [4.78, 5) is 25.9. The van der Waals surface area contributed by atoms with Gasteiger partial charge in [0.2, 0.25) is 5.95 Å². The average molecular weight is 549 g/mol. The number of pyridine rings is 1. The van der Waals surface area contributed by atoms with Gasteiger partial charge in [0.15, 0.2) is 0 Å². The van der Waals surface area contributed by atoms with Crippen LogP contribution in [-0.4, -0.2) is 47.3 Å². The Bertz CT molecular complexity index is 1650. The van der Waals surface area contributed by atoms with Gasteiger partial charge in [-0.3, -0.25) is 9.36 Å². The third-order valence-electron chi connectivity index (χ3n) is 8.60. The van der Waals surface area contributed by atoms with Crippen LogP contribution in [0.5, 0.6) is 5.75 Å². The van der Waals surface area contributed by atoms with Crippen molar-refractivity contribution in [1.29, 1.82) is 0 Å². The second kappa shape index (κ2) is 10.7. The number of fused-ring (bicyclic) bond motifs is 2. The number of benzene rings is 2. The van der Waals surface area contributed by atoms with Gasteiger partial charge in [0.05, 0.1) is 6.04 Å². The Labute approximate surface area is 240 Å². The van der Waals surface area contributed by atoms with Crippen LogP contribution in [0.1, 0.15) is 42.9 Å². The Balaban J connectivity index is 1.22. The maximum absolute atomic E-state index is 14.1. The van der Waals surface area contributed by atoms with Gasteiger partial charge in [-0.2, -0.15) is 4.98 Å². The Morgan fingerprint density at radius 1 is 1.07 bits per heavy atom. The summed E-state index contributed by atoms with van der Waals surface area (Å²) in [6.07, 6.45) is 7.06. The molecule has 4 heterocycles. The molecule has 7 rings (SSSR count). The molecular weight excluding hydrogens is 512 g/mol. The van der Waals surface area contributed by atoms with E-state index in [1.165, 1.54) is 11.3 Å². The number of aromatic nitrogens is 3. The van der Waals surface area contributed by atoms with Gasteiger partial charge in [-0.05, 0) is 98.6 Å². The predicted octanol–water partition coefficient (Wildman–Crippen LogP) is 5.32. The molecule has 4 aromatic rings. The highest BCUT2D eigenvalue weighted by molar-refractivity contribution is 5.81. The Kier molecular flexibility index (Phi) is 6.71. The van der Waals surface area contributed by atoms with E-state index in [4.69, 9.17) is 9.72 Å². The number of allylic oxidation sites excluding steroid dienone is 1. The van der Waals surface area contributed by atoms with Crippen LogP contribution in [0.3, 0.4) is 0 Å². The number of piperidine rings is 1. The van der Waals surface area contributed by atoms with E-state index in [9.17, 15) is 4.79 Å². The number of para-hydroxylation sites is 1. The molecule has 210 valence electrons. The lowest BCUT2D eigenvalue weighted by atomic mass is 9.97. The molecule has 1 unspecified atom stereocenters. The molecular formula is C33H36N6O2. The smallest absolute Gasteiger partial charge is 0.260 e. The predicted molar refractivity (Wildman–Crippen MR) is 164 cm³/mol. The van der Waals surface area contributed by atoms with Crippen molar-refractivity contribution in [2.24, 2.45) is 5.92 Å². The molecule has 1 aliphatic carbocycles. The van der Waals surface area contributed by atoms with Gasteiger partial charge >= 0.3 is 0 Å². The van der Waals surface area contributed by atoms with Crippen LogP contribution in [0.4, 0.5) is 17.3 Å². The minimum atomic E-state index is -0.0639. The van der Waals surface area contributed by atoms with Crippen molar-refractivity contribution in [3.8, 4) is 5.75 Å². The lowest BCUT2D eigenvalue weighted by Crippen LogP contribution is -2.39. The van der Waals surface area contributed by atoms with Crippen molar-refractivity contribution in [2.75, 3.05) is 36.9 Å². The molecule has 0 bridgehead atoms. The second-order valence-electron chi connectivity index (χ2n) is 11.6. The maximum Gasteiger partial charge on any atom is 0.260 e. The summed E-state index contributed by atoms with van der Waals surface area (Å²) in [6.45, 7) is 7.03. The van der Waals surface area contributed by atoms with Crippen molar-refractivity contribution in [1.82, 2.24) is 19.9 Å². The number of nitrogens with one attached hydrogen (secondary N) is 2. The zero-order valence-electron chi connectivity index (χ0n) is 23.5. The van der Waals surface area contributed by atoms with E-state index in [-0.39, 0.29) is 17.7 Å². The van der Waals surface area contributed by atoms with Crippen molar-refractivity contribution in [3.05, 3.63) is 88.9 Å². The highest BCUT2D eigenvalue weighted by atomic mass is 16.5. The number of hydrogen-bond donors (Lipinski definition) is 2. The fourth-order valence-corrected chi connectivity index (χ4v) is 6.21. The number of ether oxygens (including phenoxy) is 1. The molecule has 41 heavy (non-hydrogen) atoms. The van der Waals surface area contributed by atoms with E-state index in [0.29, 0.717) is 23.1 Å². The van der Waals surface area contributed by atoms with Crippen LogP contribution >= 0.6 is 0 Å². The summed E-state index contributed by atoms with van der Waals surface area (Å²) in [5.74, 6) is 1.71. The first-order valence-electron chi connectivity index (χ1n) is 14.7. The first kappa shape index (κ1) is 25.8. The van der Waals surface area contributed by atoms with Gasteiger partial charge in [0, 0.05) is 42.1 Å². The molecule has 3 aliphatic rings. The number of rotatable bonds is 7. The standard InChI is InChI=1S/C33H36N6O2/c1-21(22-7-8-22)29-18-24-19-35-33(36-25-9-11-27(12-10-25)41-28-13-15-34-16-14-28)37-31(24)39(32(29)40)26-17-23-5-3-4-6-30(23)38(2)20-26/h3-6,9-12,18-19,22,26,28,34H,1,7-8,13-17,20H2,2H3,(H,35,36,37). The van der Waals surface area contributed by atoms with E-state index in [1.54, 1.807) is 0 Å². The lowest BCUT2D eigenvalue weighted by molar-refractivity contribution is 0.162. The van der Waals surface area contributed by atoms with E-state index in [0.717, 1.165) is 74.1 Å². The summed E-state index contributed by atoms with van der Waals surface area (Å²) in [6, 6.07) is 18.2. The van der Waals surface area contributed by atoms with E-state index >= 15 is 0 Å². The zero-order valence-corrected chi connectivity index (χ0v) is 23.5. The number of likely N-dealkylation sites (N-methyl/N-ethyl adjacent to an activating group) is 1. The third kappa shape index (κ3) is 5.20. The molecule has 2 N–H and O–H groups in total. The monoisotopic (exact) mass is 548 g/mol. The van der Waals surface area contributed by atoms with Gasteiger partial charge in [0.1, 0.15) is 17.5 Å². The Morgan fingerprint density at radius 2 is 1.85 bits per heavy atom. The molecule has 1 atom stereocenters. The van der Waals surface area contributed by atoms with Gasteiger partial charge in [0.25, 0.3) is 5.56 Å². The molecule has 1 saturated heterocycles. The Morgan fingerprint density at radius 3 is 2.63 bits per heavy atom.